The minimum absolute atomic E-state index is 0.00368. The Morgan fingerprint density at radius 1 is 1.39 bits per heavy atom. The van der Waals surface area contributed by atoms with Gasteiger partial charge in [-0.3, -0.25) is 0 Å². The molecule has 2 aromatic heterocycles. The van der Waals surface area contributed by atoms with Crippen LogP contribution in [0, 0.1) is 0 Å². The average molecular weight is 244 g/mol. The number of nitrogens with one attached hydrogen (secondary N) is 1. The summed E-state index contributed by atoms with van der Waals surface area (Å²) in [7, 11) is 0. The second-order valence-electron chi connectivity index (χ2n) is 3.81. The first-order chi connectivity index (χ1) is 8.66. The number of phenols is 1. The molecule has 0 spiro atoms. The lowest BCUT2D eigenvalue weighted by molar-refractivity contribution is 0.0697. The van der Waals surface area contributed by atoms with Crippen LogP contribution in [0.15, 0.2) is 35.1 Å². The van der Waals surface area contributed by atoms with Gasteiger partial charge in [0.05, 0.1) is 6.20 Å². The van der Waals surface area contributed by atoms with Crippen molar-refractivity contribution >= 4 is 16.9 Å². The Bertz CT molecular complexity index is 741. The van der Waals surface area contributed by atoms with Gasteiger partial charge >= 0.3 is 5.97 Å². The van der Waals surface area contributed by atoms with Gasteiger partial charge in [0.15, 0.2) is 5.76 Å². The van der Waals surface area contributed by atoms with Crippen LogP contribution in [0.2, 0.25) is 0 Å². The van der Waals surface area contributed by atoms with E-state index in [9.17, 15) is 9.90 Å². The lowest BCUT2D eigenvalue weighted by atomic mass is 10.1. The molecule has 0 radical (unpaired) electrons. The van der Waals surface area contributed by atoms with E-state index >= 15 is 0 Å². The number of aromatic amines is 1. The number of hydrogen-bond acceptors (Lipinski definition) is 4. The summed E-state index contributed by atoms with van der Waals surface area (Å²) in [5.74, 6) is -0.772. The number of aromatic nitrogens is 2. The SMILES string of the molecule is O=C(O)c1cnoc1-c1c[nH]c2cc(O)ccc12. The Kier molecular flexibility index (Phi) is 2.09. The second-order valence-corrected chi connectivity index (χ2v) is 3.81. The van der Waals surface area contributed by atoms with Gasteiger partial charge in [-0.15, -0.1) is 0 Å². The van der Waals surface area contributed by atoms with Gasteiger partial charge in [-0.05, 0) is 12.1 Å². The Hall–Kier alpha value is -2.76. The summed E-state index contributed by atoms with van der Waals surface area (Å²) >= 11 is 0. The first-order valence-corrected chi connectivity index (χ1v) is 5.15. The van der Waals surface area contributed by atoms with Crippen molar-refractivity contribution in [2.24, 2.45) is 0 Å². The molecule has 0 saturated heterocycles. The van der Waals surface area contributed by atoms with Crippen LogP contribution in [-0.2, 0) is 0 Å². The molecule has 0 aliphatic heterocycles. The Morgan fingerprint density at radius 3 is 3.00 bits per heavy atom. The van der Waals surface area contributed by atoms with E-state index in [1.54, 1.807) is 18.3 Å². The van der Waals surface area contributed by atoms with Gasteiger partial charge in [0.2, 0.25) is 0 Å². The second kappa shape index (κ2) is 3.63. The summed E-state index contributed by atoms with van der Waals surface area (Å²) in [4.78, 5) is 14.0. The molecule has 0 bridgehead atoms. The highest BCUT2D eigenvalue weighted by Gasteiger charge is 2.19. The van der Waals surface area contributed by atoms with Gasteiger partial charge in [-0.25, -0.2) is 4.79 Å². The van der Waals surface area contributed by atoms with E-state index in [0.29, 0.717) is 11.1 Å². The van der Waals surface area contributed by atoms with Crippen LogP contribution < -0.4 is 0 Å². The van der Waals surface area contributed by atoms with Crippen molar-refractivity contribution in [1.82, 2.24) is 10.1 Å². The summed E-state index contributed by atoms with van der Waals surface area (Å²) in [6.45, 7) is 0. The highest BCUT2D eigenvalue weighted by atomic mass is 16.5. The molecule has 90 valence electrons. The molecule has 0 aliphatic rings. The van der Waals surface area contributed by atoms with Gasteiger partial charge in [0, 0.05) is 28.7 Å². The summed E-state index contributed by atoms with van der Waals surface area (Å²) in [6.07, 6.45) is 2.79. The fraction of sp³-hybridized carbons (Fsp3) is 0. The minimum atomic E-state index is -1.10. The maximum atomic E-state index is 11.0. The molecular formula is C12H8N2O4. The zero-order valence-corrected chi connectivity index (χ0v) is 9.04. The van der Waals surface area contributed by atoms with Crippen molar-refractivity contribution in [3.63, 3.8) is 0 Å². The molecule has 0 saturated carbocycles. The number of hydrogen-bond donors (Lipinski definition) is 3. The first kappa shape index (κ1) is 10.4. The third-order valence-corrected chi connectivity index (χ3v) is 2.71. The predicted octanol–water partition coefficient (Wildman–Crippen LogP) is 2.23. The molecule has 0 fully saturated rings. The zero-order valence-electron chi connectivity index (χ0n) is 9.04. The number of carboxylic acid groups (broad SMARTS) is 1. The highest BCUT2D eigenvalue weighted by Crippen LogP contribution is 2.32. The highest BCUT2D eigenvalue weighted by molar-refractivity contribution is 6.01. The zero-order chi connectivity index (χ0) is 12.7. The smallest absolute Gasteiger partial charge is 0.341 e. The van der Waals surface area contributed by atoms with Crippen LogP contribution >= 0.6 is 0 Å². The van der Waals surface area contributed by atoms with Crippen molar-refractivity contribution in [1.29, 1.82) is 0 Å². The molecule has 3 rings (SSSR count). The summed E-state index contributed by atoms with van der Waals surface area (Å²) < 4.78 is 5.00. The van der Waals surface area contributed by atoms with Crippen molar-refractivity contribution in [3.05, 3.63) is 36.2 Å². The number of rotatable bonds is 2. The monoisotopic (exact) mass is 244 g/mol. The molecule has 0 atom stereocenters. The normalized spacial score (nSPS) is 10.9. The third kappa shape index (κ3) is 1.43. The summed E-state index contributed by atoms with van der Waals surface area (Å²) in [5.41, 5.74) is 1.29. The molecule has 18 heavy (non-hydrogen) atoms. The molecule has 0 amide bonds. The standard InChI is InChI=1S/C12H8N2O4/c15-6-1-2-7-8(4-13-10(7)3-6)11-9(12(16)17)5-14-18-11/h1-5,13,15H,(H,16,17). The fourth-order valence-electron chi connectivity index (χ4n) is 1.89. The number of aromatic hydroxyl groups is 1. The Balaban J connectivity index is 2.26. The third-order valence-electron chi connectivity index (χ3n) is 2.71. The molecule has 2 heterocycles. The Morgan fingerprint density at radius 2 is 2.22 bits per heavy atom. The largest absolute Gasteiger partial charge is 0.508 e. The first-order valence-electron chi connectivity index (χ1n) is 5.15. The maximum Gasteiger partial charge on any atom is 0.341 e. The van der Waals surface area contributed by atoms with E-state index in [0.717, 1.165) is 11.6 Å². The number of benzene rings is 1. The minimum Gasteiger partial charge on any atom is -0.508 e. The van der Waals surface area contributed by atoms with Crippen molar-refractivity contribution in [2.75, 3.05) is 0 Å². The van der Waals surface area contributed by atoms with Gasteiger partial charge in [-0.2, -0.15) is 0 Å². The van der Waals surface area contributed by atoms with E-state index in [2.05, 4.69) is 10.1 Å². The lowest BCUT2D eigenvalue weighted by Gasteiger charge is -1.96. The van der Waals surface area contributed by atoms with E-state index < -0.39 is 5.97 Å². The molecule has 6 nitrogen and oxygen atoms in total. The molecule has 3 aromatic rings. The van der Waals surface area contributed by atoms with Gasteiger partial charge in [0.1, 0.15) is 11.3 Å². The molecule has 1 aromatic carbocycles. The fourth-order valence-corrected chi connectivity index (χ4v) is 1.89. The number of fused-ring (bicyclic) bond motifs is 1. The molecule has 6 heteroatoms. The number of aromatic carboxylic acids is 1. The van der Waals surface area contributed by atoms with E-state index in [1.807, 2.05) is 0 Å². The molecule has 0 aliphatic carbocycles. The van der Waals surface area contributed by atoms with Crippen molar-refractivity contribution in [2.45, 2.75) is 0 Å². The van der Waals surface area contributed by atoms with Crippen LogP contribution in [0.4, 0.5) is 0 Å². The summed E-state index contributed by atoms with van der Waals surface area (Å²) in [5, 5.41) is 22.6. The van der Waals surface area contributed by atoms with E-state index in [4.69, 9.17) is 9.63 Å². The van der Waals surface area contributed by atoms with Crippen LogP contribution in [0.5, 0.6) is 5.75 Å². The van der Waals surface area contributed by atoms with Gasteiger partial charge in [0.25, 0.3) is 0 Å². The lowest BCUT2D eigenvalue weighted by Crippen LogP contribution is -1.95. The van der Waals surface area contributed by atoms with Crippen molar-refractivity contribution < 1.29 is 19.5 Å². The Labute approximate surface area is 100 Å². The van der Waals surface area contributed by atoms with Gasteiger partial charge in [-0.1, -0.05) is 5.16 Å². The molecule has 0 unspecified atom stereocenters. The number of phenolic OH excluding ortho intramolecular Hbond substituents is 1. The number of carbonyl (C=O) groups is 1. The van der Waals surface area contributed by atoms with Crippen LogP contribution in [0.3, 0.4) is 0 Å². The van der Waals surface area contributed by atoms with Crippen LogP contribution in [0.1, 0.15) is 10.4 Å². The maximum absolute atomic E-state index is 11.0. The quantitative estimate of drug-likeness (QED) is 0.641. The molecular weight excluding hydrogens is 236 g/mol. The topological polar surface area (TPSA) is 99.4 Å². The number of carboxylic acids is 1. The molecule has 3 N–H and O–H groups in total. The number of H-pyrrole nitrogens is 1. The van der Waals surface area contributed by atoms with Crippen LogP contribution in [-0.4, -0.2) is 26.3 Å². The summed E-state index contributed by atoms with van der Waals surface area (Å²) in [6, 6.07) is 4.76. The van der Waals surface area contributed by atoms with E-state index in [-0.39, 0.29) is 17.1 Å². The number of nitrogens with zero attached hydrogens (tertiary/aromatic N) is 1. The van der Waals surface area contributed by atoms with Crippen LogP contribution in [0.25, 0.3) is 22.2 Å². The predicted molar refractivity (Wildman–Crippen MR) is 62.4 cm³/mol. The average Bonchev–Trinajstić information content (AvgIpc) is 2.92. The van der Waals surface area contributed by atoms with E-state index in [1.165, 1.54) is 6.07 Å². The van der Waals surface area contributed by atoms with Gasteiger partial charge < -0.3 is 19.7 Å². The van der Waals surface area contributed by atoms with Crippen molar-refractivity contribution in [3.8, 4) is 17.1 Å².